The van der Waals surface area contributed by atoms with E-state index in [0.717, 1.165) is 20.9 Å². The molecule has 0 bridgehead atoms. The van der Waals surface area contributed by atoms with E-state index in [1.54, 1.807) is 30.6 Å². The summed E-state index contributed by atoms with van der Waals surface area (Å²) in [4.78, 5) is 32.9. The van der Waals surface area contributed by atoms with Gasteiger partial charge in [0, 0.05) is 40.0 Å². The molecular weight excluding hydrogens is 422 g/mol. The highest BCUT2D eigenvalue weighted by Gasteiger charge is 2.06. The Morgan fingerprint density at radius 2 is 2.04 bits per heavy atom. The largest absolute Gasteiger partial charge is 0.456 e. The van der Waals surface area contributed by atoms with Crippen LogP contribution in [0.2, 0.25) is 0 Å². The van der Waals surface area contributed by atoms with E-state index in [1.165, 1.54) is 16.5 Å². The van der Waals surface area contributed by atoms with Crippen LogP contribution in [0.1, 0.15) is 11.3 Å². The van der Waals surface area contributed by atoms with E-state index in [4.69, 9.17) is 4.74 Å². The van der Waals surface area contributed by atoms with Crippen molar-refractivity contribution in [3.05, 3.63) is 93.1 Å². The van der Waals surface area contributed by atoms with Crippen molar-refractivity contribution >= 4 is 44.5 Å². The molecule has 0 aliphatic heterocycles. The van der Waals surface area contributed by atoms with Crippen LogP contribution in [0.5, 0.6) is 0 Å². The highest BCUT2D eigenvalue weighted by Crippen LogP contribution is 2.17. The number of fused-ring (bicyclic) bond motifs is 2. The van der Waals surface area contributed by atoms with Crippen molar-refractivity contribution in [1.29, 1.82) is 0 Å². The summed E-state index contributed by atoms with van der Waals surface area (Å²) in [6.07, 6.45) is 6.36. The van der Waals surface area contributed by atoms with Gasteiger partial charge in [-0.2, -0.15) is 0 Å². The third-order valence-corrected chi connectivity index (χ3v) is 4.57. The second kappa shape index (κ2) is 7.74. The number of esters is 1. The number of carbonyl (C=O) groups excluding carboxylic acids is 1. The molecule has 0 aliphatic carbocycles. The molecule has 3 heterocycles. The zero-order chi connectivity index (χ0) is 19.5. The number of benzene rings is 1. The van der Waals surface area contributed by atoms with Crippen molar-refractivity contribution in [2.24, 2.45) is 0 Å². The van der Waals surface area contributed by atoms with E-state index < -0.39 is 5.97 Å². The molecule has 0 radical (unpaired) electrons. The topological polar surface area (TPSA) is 73.6 Å². The van der Waals surface area contributed by atoms with Gasteiger partial charge < -0.3 is 4.74 Å². The molecule has 28 heavy (non-hydrogen) atoms. The molecule has 6 nitrogen and oxygen atoms in total. The Kier molecular flexibility index (Phi) is 4.99. The molecule has 0 atom stereocenters. The summed E-state index contributed by atoms with van der Waals surface area (Å²) < 4.78 is 7.42. The standard InChI is InChI=1S/C21H14BrN3O3/c22-16-7-8-18-24-17(11-19(26)25(18)12-16)13-28-20(27)9-6-15-4-1-3-14-5-2-10-23-21(14)15/h1-12H,13H2/b9-6+. The van der Waals surface area contributed by atoms with Gasteiger partial charge in [-0.15, -0.1) is 0 Å². The van der Waals surface area contributed by atoms with Crippen LogP contribution in [0.3, 0.4) is 0 Å². The molecule has 3 aromatic heterocycles. The summed E-state index contributed by atoms with van der Waals surface area (Å²) in [6.45, 7) is -0.0846. The second-order valence-corrected chi connectivity index (χ2v) is 6.94. The summed E-state index contributed by atoms with van der Waals surface area (Å²) >= 11 is 3.32. The van der Waals surface area contributed by atoms with Crippen LogP contribution in [-0.2, 0) is 16.1 Å². The Balaban J connectivity index is 1.48. The number of rotatable bonds is 4. The zero-order valence-electron chi connectivity index (χ0n) is 14.6. The van der Waals surface area contributed by atoms with Crippen LogP contribution < -0.4 is 5.56 Å². The van der Waals surface area contributed by atoms with E-state index in [-0.39, 0.29) is 12.2 Å². The molecular formula is C21H14BrN3O3. The smallest absolute Gasteiger partial charge is 0.331 e. The van der Waals surface area contributed by atoms with Crippen LogP contribution in [0.4, 0.5) is 0 Å². The molecule has 0 amide bonds. The first-order valence-corrected chi connectivity index (χ1v) is 9.26. The Bertz CT molecular complexity index is 1280. The summed E-state index contributed by atoms with van der Waals surface area (Å²) in [5.74, 6) is -0.522. The first-order valence-electron chi connectivity index (χ1n) is 8.46. The lowest BCUT2D eigenvalue weighted by Crippen LogP contribution is -2.16. The summed E-state index contributed by atoms with van der Waals surface area (Å²) in [5, 5.41) is 0.991. The van der Waals surface area contributed by atoms with Gasteiger partial charge >= 0.3 is 5.97 Å². The predicted octanol–water partition coefficient (Wildman–Crippen LogP) is 3.76. The van der Waals surface area contributed by atoms with Gasteiger partial charge in [-0.3, -0.25) is 14.2 Å². The Hall–Kier alpha value is -3.32. The van der Waals surface area contributed by atoms with Crippen LogP contribution in [-0.4, -0.2) is 20.3 Å². The van der Waals surface area contributed by atoms with Crippen molar-refractivity contribution in [2.75, 3.05) is 0 Å². The number of halogens is 1. The Labute approximate surface area is 168 Å². The fourth-order valence-corrected chi connectivity index (χ4v) is 3.15. The van der Waals surface area contributed by atoms with Crippen molar-refractivity contribution in [1.82, 2.24) is 14.4 Å². The minimum atomic E-state index is -0.522. The quantitative estimate of drug-likeness (QED) is 0.360. The lowest BCUT2D eigenvalue weighted by Gasteiger charge is -2.05. The van der Waals surface area contributed by atoms with Gasteiger partial charge in [-0.05, 0) is 40.2 Å². The number of hydrogen-bond donors (Lipinski definition) is 0. The SMILES string of the molecule is O=C(/C=C/c1cccc2cccnc12)OCc1cc(=O)n2cc(Br)ccc2n1. The van der Waals surface area contributed by atoms with E-state index in [2.05, 4.69) is 25.9 Å². The van der Waals surface area contributed by atoms with Crippen molar-refractivity contribution in [3.63, 3.8) is 0 Å². The lowest BCUT2D eigenvalue weighted by atomic mass is 10.1. The maximum Gasteiger partial charge on any atom is 0.331 e. The minimum Gasteiger partial charge on any atom is -0.456 e. The molecule has 4 aromatic rings. The molecule has 0 aliphatic rings. The third kappa shape index (κ3) is 3.84. The van der Waals surface area contributed by atoms with Gasteiger partial charge in [-0.25, -0.2) is 9.78 Å². The molecule has 0 N–H and O–H groups in total. The lowest BCUT2D eigenvalue weighted by molar-refractivity contribution is -0.139. The van der Waals surface area contributed by atoms with Crippen molar-refractivity contribution < 1.29 is 9.53 Å². The molecule has 0 unspecified atom stereocenters. The van der Waals surface area contributed by atoms with E-state index in [1.807, 2.05) is 30.3 Å². The van der Waals surface area contributed by atoms with Gasteiger partial charge in [0.15, 0.2) is 0 Å². The highest BCUT2D eigenvalue weighted by molar-refractivity contribution is 9.10. The maximum atomic E-state index is 12.2. The molecule has 0 spiro atoms. The second-order valence-electron chi connectivity index (χ2n) is 6.02. The van der Waals surface area contributed by atoms with Gasteiger partial charge in [0.25, 0.3) is 5.56 Å². The van der Waals surface area contributed by atoms with Gasteiger partial charge in [0.2, 0.25) is 0 Å². The van der Waals surface area contributed by atoms with Crippen LogP contribution in [0.15, 0.2) is 76.3 Å². The molecule has 138 valence electrons. The third-order valence-electron chi connectivity index (χ3n) is 4.10. The molecule has 4 rings (SSSR count). The van der Waals surface area contributed by atoms with Crippen LogP contribution in [0, 0.1) is 0 Å². The van der Waals surface area contributed by atoms with Crippen molar-refractivity contribution in [2.45, 2.75) is 6.61 Å². The number of pyridine rings is 2. The number of carbonyl (C=O) groups is 1. The van der Waals surface area contributed by atoms with Gasteiger partial charge in [-0.1, -0.05) is 24.3 Å². The van der Waals surface area contributed by atoms with Gasteiger partial charge in [0.05, 0.1) is 11.2 Å². The maximum absolute atomic E-state index is 12.2. The number of ether oxygens (including phenoxy) is 1. The predicted molar refractivity (Wildman–Crippen MR) is 110 cm³/mol. The van der Waals surface area contributed by atoms with E-state index >= 15 is 0 Å². The first-order chi connectivity index (χ1) is 13.6. The summed E-state index contributed by atoms with van der Waals surface area (Å²) in [7, 11) is 0. The minimum absolute atomic E-state index is 0.0846. The average Bonchev–Trinajstić information content (AvgIpc) is 2.71. The summed E-state index contributed by atoms with van der Waals surface area (Å²) in [6, 6.07) is 14.4. The molecule has 1 aromatic carbocycles. The van der Waals surface area contributed by atoms with Gasteiger partial charge in [0.1, 0.15) is 12.3 Å². The fourth-order valence-electron chi connectivity index (χ4n) is 2.81. The average molecular weight is 436 g/mol. The van der Waals surface area contributed by atoms with E-state index in [0.29, 0.717) is 11.3 Å². The summed E-state index contributed by atoms with van der Waals surface area (Å²) in [5.41, 5.74) is 2.27. The monoisotopic (exact) mass is 435 g/mol. The van der Waals surface area contributed by atoms with E-state index in [9.17, 15) is 9.59 Å². The zero-order valence-corrected chi connectivity index (χ0v) is 16.2. The van der Waals surface area contributed by atoms with Crippen LogP contribution >= 0.6 is 15.9 Å². The number of para-hydroxylation sites is 1. The molecule has 0 saturated carbocycles. The van der Waals surface area contributed by atoms with Crippen LogP contribution in [0.25, 0.3) is 22.6 Å². The molecule has 7 heteroatoms. The Morgan fingerprint density at radius 1 is 1.18 bits per heavy atom. The molecule has 0 saturated heterocycles. The first kappa shape index (κ1) is 18.1. The fraction of sp³-hybridized carbons (Fsp3) is 0.0476. The Morgan fingerprint density at radius 3 is 2.93 bits per heavy atom. The van der Waals surface area contributed by atoms with Crippen molar-refractivity contribution in [3.8, 4) is 0 Å². The molecule has 0 fully saturated rings. The normalized spacial score (nSPS) is 11.3. The number of nitrogens with zero attached hydrogens (tertiary/aromatic N) is 3. The number of aromatic nitrogens is 3. The highest BCUT2D eigenvalue weighted by atomic mass is 79.9. The number of hydrogen-bond acceptors (Lipinski definition) is 5.